The van der Waals surface area contributed by atoms with Crippen LogP contribution in [0.2, 0.25) is 0 Å². The van der Waals surface area contributed by atoms with E-state index in [0.29, 0.717) is 14.5 Å². The van der Waals surface area contributed by atoms with Gasteiger partial charge in [-0.05, 0) is 0 Å². The molecule has 0 saturated heterocycles. The summed E-state index contributed by atoms with van der Waals surface area (Å²) in [4.78, 5) is 0. The second-order valence-corrected chi connectivity index (χ2v) is 6.06. The number of rotatable bonds is 3. The fourth-order valence-corrected chi connectivity index (χ4v) is 3.97. The first-order valence-electron chi connectivity index (χ1n) is 3.49. The molecule has 1 heterocycles. The first-order valence-corrected chi connectivity index (χ1v) is 6.43. The summed E-state index contributed by atoms with van der Waals surface area (Å²) in [6.07, 6.45) is 4.76. The van der Waals surface area contributed by atoms with Gasteiger partial charge in [-0.25, -0.2) is 0 Å². The molecular formula is C8H12SSe. The molecule has 0 fully saturated rings. The average molecular weight is 219 g/mol. The zero-order chi connectivity index (χ0) is 7.40. The maximum absolute atomic E-state index is 2.30. The van der Waals surface area contributed by atoms with E-state index in [1.54, 1.807) is 8.21 Å². The Balaban J connectivity index is 2.59. The van der Waals surface area contributed by atoms with Gasteiger partial charge in [-0.2, -0.15) is 0 Å². The molecule has 0 unspecified atom stereocenters. The fourth-order valence-electron chi connectivity index (χ4n) is 0.849. The van der Waals surface area contributed by atoms with Crippen molar-refractivity contribution in [3.8, 4) is 0 Å². The predicted octanol–water partition coefficient (Wildman–Crippen LogP) is 2.42. The second-order valence-electron chi connectivity index (χ2n) is 2.17. The van der Waals surface area contributed by atoms with E-state index < -0.39 is 0 Å². The number of aryl methyl sites for hydroxylation is 1. The molecule has 0 spiro atoms. The molecule has 0 aliphatic carbocycles. The average Bonchev–Trinajstić information content (AvgIpc) is 2.37. The Hall–Kier alpha value is 0.349. The summed E-state index contributed by atoms with van der Waals surface area (Å²) in [5, 5.41) is 0. The topological polar surface area (TPSA) is 0 Å². The van der Waals surface area contributed by atoms with Crippen LogP contribution in [-0.2, 0) is 6.42 Å². The molecule has 0 N–H and O–H groups in total. The van der Waals surface area contributed by atoms with Crippen molar-refractivity contribution in [2.24, 2.45) is 0 Å². The zero-order valence-electron chi connectivity index (χ0n) is 6.39. The van der Waals surface area contributed by atoms with Gasteiger partial charge in [-0.1, -0.05) is 0 Å². The van der Waals surface area contributed by atoms with Crippen LogP contribution in [0.15, 0.2) is 15.9 Å². The molecule has 2 heteroatoms. The number of thioether (sulfide) groups is 1. The van der Waals surface area contributed by atoms with E-state index in [-0.39, 0.29) is 0 Å². The van der Waals surface area contributed by atoms with Gasteiger partial charge in [0.05, 0.1) is 0 Å². The summed E-state index contributed by atoms with van der Waals surface area (Å²) in [6, 6.07) is 4.57. The monoisotopic (exact) mass is 220 g/mol. The SMILES string of the molecule is CCCc1ccc(SC)[se]1. The van der Waals surface area contributed by atoms with E-state index in [0.717, 1.165) is 0 Å². The molecule has 0 bridgehead atoms. The molecule has 0 aromatic carbocycles. The van der Waals surface area contributed by atoms with Gasteiger partial charge in [0.1, 0.15) is 0 Å². The first-order chi connectivity index (χ1) is 4.86. The van der Waals surface area contributed by atoms with E-state index >= 15 is 0 Å². The molecule has 0 atom stereocenters. The molecule has 1 aromatic heterocycles. The van der Waals surface area contributed by atoms with E-state index in [4.69, 9.17) is 0 Å². The van der Waals surface area contributed by atoms with Crippen molar-refractivity contribution in [3.05, 3.63) is 16.6 Å². The van der Waals surface area contributed by atoms with Gasteiger partial charge in [0.25, 0.3) is 0 Å². The Morgan fingerprint density at radius 3 is 2.80 bits per heavy atom. The molecule has 1 rings (SSSR count). The minimum absolute atomic E-state index is 0.690. The van der Waals surface area contributed by atoms with Crippen LogP contribution in [0.3, 0.4) is 0 Å². The van der Waals surface area contributed by atoms with Crippen molar-refractivity contribution in [1.82, 2.24) is 0 Å². The Kier molecular flexibility index (Phi) is 3.61. The first kappa shape index (κ1) is 8.45. The summed E-state index contributed by atoms with van der Waals surface area (Å²) < 4.78 is 3.25. The van der Waals surface area contributed by atoms with Crippen LogP contribution in [0.4, 0.5) is 0 Å². The molecule has 0 saturated carbocycles. The van der Waals surface area contributed by atoms with Crippen LogP contribution in [0.1, 0.15) is 17.8 Å². The van der Waals surface area contributed by atoms with Crippen molar-refractivity contribution in [2.75, 3.05) is 6.26 Å². The third kappa shape index (κ3) is 2.19. The number of hydrogen-bond donors (Lipinski definition) is 0. The van der Waals surface area contributed by atoms with E-state index in [1.807, 2.05) is 11.8 Å². The summed E-state index contributed by atoms with van der Waals surface area (Å²) in [6.45, 7) is 2.24. The summed E-state index contributed by atoms with van der Waals surface area (Å²) >= 11 is 2.59. The van der Waals surface area contributed by atoms with Gasteiger partial charge < -0.3 is 0 Å². The van der Waals surface area contributed by atoms with Crippen molar-refractivity contribution >= 4 is 26.3 Å². The van der Waals surface area contributed by atoms with Crippen LogP contribution < -0.4 is 0 Å². The van der Waals surface area contributed by atoms with E-state index in [1.165, 1.54) is 12.8 Å². The molecule has 0 radical (unpaired) electrons. The molecule has 1 aromatic rings. The van der Waals surface area contributed by atoms with Crippen molar-refractivity contribution in [1.29, 1.82) is 0 Å². The van der Waals surface area contributed by atoms with Crippen LogP contribution >= 0.6 is 11.8 Å². The molecule has 56 valence electrons. The van der Waals surface area contributed by atoms with Crippen molar-refractivity contribution in [3.63, 3.8) is 0 Å². The van der Waals surface area contributed by atoms with Crippen molar-refractivity contribution in [2.45, 2.75) is 23.5 Å². The van der Waals surface area contributed by atoms with Crippen LogP contribution in [0, 0.1) is 0 Å². The third-order valence-corrected chi connectivity index (χ3v) is 5.33. The summed E-state index contributed by atoms with van der Waals surface area (Å²) in [5.74, 6) is 0. The summed E-state index contributed by atoms with van der Waals surface area (Å²) in [5.41, 5.74) is 0. The normalized spacial score (nSPS) is 10.2. The molecular weight excluding hydrogens is 207 g/mol. The Morgan fingerprint density at radius 2 is 2.30 bits per heavy atom. The van der Waals surface area contributed by atoms with Gasteiger partial charge in [0, 0.05) is 0 Å². The van der Waals surface area contributed by atoms with Crippen molar-refractivity contribution < 1.29 is 0 Å². The van der Waals surface area contributed by atoms with Crippen LogP contribution in [0.5, 0.6) is 0 Å². The molecule has 10 heavy (non-hydrogen) atoms. The fraction of sp³-hybridized carbons (Fsp3) is 0.500. The predicted molar refractivity (Wildman–Crippen MR) is 49.2 cm³/mol. The Bertz CT molecular complexity index is 193. The second kappa shape index (κ2) is 4.27. The van der Waals surface area contributed by atoms with Gasteiger partial charge in [0.15, 0.2) is 0 Å². The summed E-state index contributed by atoms with van der Waals surface area (Å²) in [7, 11) is 0. The molecule has 0 aliphatic heterocycles. The van der Waals surface area contributed by atoms with Crippen LogP contribution in [0.25, 0.3) is 0 Å². The molecule has 0 nitrogen and oxygen atoms in total. The Labute approximate surface area is 72.8 Å². The third-order valence-electron chi connectivity index (χ3n) is 1.33. The Morgan fingerprint density at radius 1 is 1.50 bits per heavy atom. The zero-order valence-corrected chi connectivity index (χ0v) is 8.91. The quantitative estimate of drug-likeness (QED) is 0.555. The van der Waals surface area contributed by atoms with Crippen LogP contribution in [-0.4, -0.2) is 20.8 Å². The van der Waals surface area contributed by atoms with Gasteiger partial charge in [0.2, 0.25) is 0 Å². The van der Waals surface area contributed by atoms with E-state index in [2.05, 4.69) is 25.3 Å². The number of hydrogen-bond acceptors (Lipinski definition) is 1. The minimum atomic E-state index is 0.690. The van der Waals surface area contributed by atoms with E-state index in [9.17, 15) is 0 Å². The van der Waals surface area contributed by atoms with Gasteiger partial charge in [-0.15, -0.1) is 0 Å². The molecule has 0 aliphatic rings. The van der Waals surface area contributed by atoms with Gasteiger partial charge in [-0.3, -0.25) is 0 Å². The standard InChI is InChI=1S/C8H12SSe/c1-3-4-7-5-6-8(9-2)10-7/h5-6H,3-4H2,1-2H3. The van der Waals surface area contributed by atoms with Gasteiger partial charge >= 0.3 is 72.6 Å². The maximum atomic E-state index is 2.30. The molecule has 0 amide bonds.